The molecule has 2 heterocycles. The lowest BCUT2D eigenvalue weighted by Gasteiger charge is -2.13. The molecule has 1 aromatic carbocycles. The van der Waals surface area contributed by atoms with Crippen molar-refractivity contribution >= 4 is 40.5 Å². The van der Waals surface area contributed by atoms with Gasteiger partial charge in [-0.1, -0.05) is 17.7 Å². The molecule has 3 rings (SSSR count). The highest BCUT2D eigenvalue weighted by Gasteiger charge is 2.10. The lowest BCUT2D eigenvalue weighted by Crippen LogP contribution is -2.30. The van der Waals surface area contributed by atoms with E-state index in [9.17, 15) is 4.79 Å². The molecule has 0 bridgehead atoms. The van der Waals surface area contributed by atoms with Crippen LogP contribution >= 0.6 is 11.6 Å². The summed E-state index contributed by atoms with van der Waals surface area (Å²) in [5.74, 6) is 0.298. The third-order valence-corrected chi connectivity index (χ3v) is 3.44. The zero-order valence-electron chi connectivity index (χ0n) is 12.9. The van der Waals surface area contributed by atoms with Gasteiger partial charge in [0.1, 0.15) is 12.0 Å². The van der Waals surface area contributed by atoms with E-state index in [1.807, 2.05) is 0 Å². The lowest BCUT2D eigenvalue weighted by molar-refractivity contribution is 0.0962. The Morgan fingerprint density at radius 3 is 2.60 bits per heavy atom. The Bertz CT molecular complexity index is 889. The van der Waals surface area contributed by atoms with Gasteiger partial charge >= 0.3 is 0 Å². The highest BCUT2D eigenvalue weighted by atomic mass is 35.5. The minimum absolute atomic E-state index is 0.255. The lowest BCUT2D eigenvalue weighted by atomic mass is 10.2. The minimum atomic E-state index is -0.371. The van der Waals surface area contributed by atoms with E-state index in [1.54, 1.807) is 48.8 Å². The van der Waals surface area contributed by atoms with Gasteiger partial charge in [-0.15, -0.1) is 0 Å². The molecule has 2 aromatic heterocycles. The van der Waals surface area contributed by atoms with E-state index in [2.05, 4.69) is 31.1 Å². The number of hydrogen-bond donors (Lipinski definition) is 4. The molecule has 0 aliphatic carbocycles. The minimum Gasteiger partial charge on any atom is -0.393 e. The summed E-state index contributed by atoms with van der Waals surface area (Å²) in [6.07, 6.45) is 4.61. The molecule has 5 N–H and O–H groups in total. The Labute approximate surface area is 148 Å². The summed E-state index contributed by atoms with van der Waals surface area (Å²) in [5, 5.41) is 3.52. The molecular weight excluding hydrogens is 342 g/mol. The maximum Gasteiger partial charge on any atom is 0.269 e. The van der Waals surface area contributed by atoms with Gasteiger partial charge in [-0.25, -0.2) is 9.97 Å². The SMILES string of the molecule is Nc1c(NNC(=O)c2cccc(Cl)c2)ncnc1Nc1ccncc1. The standard InChI is InChI=1S/C16H14ClN7O/c17-11-3-1-2-10(8-11)16(25)24-23-15-13(18)14(20-9-21-15)22-12-4-6-19-7-5-12/h1-9H,18H2,(H,24,25)(H2,19,20,21,22,23). The number of hydrogen-bond acceptors (Lipinski definition) is 7. The topological polar surface area (TPSA) is 118 Å². The molecule has 0 aliphatic heterocycles. The Hall–Kier alpha value is -3.39. The second-order valence-corrected chi connectivity index (χ2v) is 5.37. The molecule has 0 radical (unpaired) electrons. The average molecular weight is 356 g/mol. The molecule has 1 amide bonds. The molecule has 3 aromatic rings. The molecule has 0 unspecified atom stereocenters. The first kappa shape index (κ1) is 16.5. The van der Waals surface area contributed by atoms with Gasteiger partial charge in [-0.05, 0) is 30.3 Å². The van der Waals surface area contributed by atoms with E-state index < -0.39 is 0 Å². The number of benzene rings is 1. The normalized spacial score (nSPS) is 10.1. The Morgan fingerprint density at radius 1 is 1.08 bits per heavy atom. The third-order valence-electron chi connectivity index (χ3n) is 3.21. The number of carbonyl (C=O) groups excluding carboxylic acids is 1. The first-order valence-electron chi connectivity index (χ1n) is 7.23. The number of nitrogens with zero attached hydrogens (tertiary/aromatic N) is 3. The Morgan fingerprint density at radius 2 is 1.84 bits per heavy atom. The van der Waals surface area contributed by atoms with Crippen LogP contribution in [0.5, 0.6) is 0 Å². The van der Waals surface area contributed by atoms with Crippen LogP contribution in [0.4, 0.5) is 23.0 Å². The van der Waals surface area contributed by atoms with E-state index in [1.165, 1.54) is 6.33 Å². The molecule has 0 fully saturated rings. The summed E-state index contributed by atoms with van der Waals surface area (Å²) in [7, 11) is 0. The molecule has 8 nitrogen and oxygen atoms in total. The smallest absolute Gasteiger partial charge is 0.269 e. The van der Waals surface area contributed by atoms with E-state index in [4.69, 9.17) is 17.3 Å². The van der Waals surface area contributed by atoms with E-state index in [0.717, 1.165) is 5.69 Å². The van der Waals surface area contributed by atoms with E-state index >= 15 is 0 Å². The van der Waals surface area contributed by atoms with Gasteiger partial charge in [0.25, 0.3) is 5.91 Å². The van der Waals surface area contributed by atoms with Gasteiger partial charge in [0.15, 0.2) is 11.6 Å². The number of pyridine rings is 1. The summed E-state index contributed by atoms with van der Waals surface area (Å²) in [6, 6.07) is 10.1. The first-order chi connectivity index (χ1) is 12.1. The number of nitrogens with one attached hydrogen (secondary N) is 3. The van der Waals surface area contributed by atoms with Crippen LogP contribution in [0.15, 0.2) is 55.1 Å². The van der Waals surface area contributed by atoms with Crippen molar-refractivity contribution < 1.29 is 4.79 Å². The summed E-state index contributed by atoms with van der Waals surface area (Å²) < 4.78 is 0. The van der Waals surface area contributed by atoms with Crippen LogP contribution in [-0.4, -0.2) is 20.9 Å². The fourth-order valence-electron chi connectivity index (χ4n) is 1.98. The number of nitrogen functional groups attached to an aromatic ring is 1. The van der Waals surface area contributed by atoms with Gasteiger partial charge in [0, 0.05) is 28.7 Å². The number of rotatable bonds is 5. The predicted molar refractivity (Wildman–Crippen MR) is 96.5 cm³/mol. The van der Waals surface area contributed by atoms with Crippen molar-refractivity contribution in [3.05, 3.63) is 65.7 Å². The zero-order chi connectivity index (χ0) is 17.6. The van der Waals surface area contributed by atoms with Gasteiger partial charge < -0.3 is 11.1 Å². The molecule has 0 atom stereocenters. The highest BCUT2D eigenvalue weighted by molar-refractivity contribution is 6.30. The highest BCUT2D eigenvalue weighted by Crippen LogP contribution is 2.24. The van der Waals surface area contributed by atoms with Crippen LogP contribution < -0.4 is 21.9 Å². The molecule has 25 heavy (non-hydrogen) atoms. The van der Waals surface area contributed by atoms with Crippen LogP contribution in [0, 0.1) is 0 Å². The van der Waals surface area contributed by atoms with Crippen molar-refractivity contribution in [3.8, 4) is 0 Å². The number of nitrogens with two attached hydrogens (primary N) is 1. The first-order valence-corrected chi connectivity index (χ1v) is 7.61. The van der Waals surface area contributed by atoms with Gasteiger partial charge in [0.05, 0.1) is 0 Å². The molecule has 0 spiro atoms. The maximum atomic E-state index is 12.1. The van der Waals surface area contributed by atoms with Crippen LogP contribution in [-0.2, 0) is 0 Å². The number of anilines is 4. The van der Waals surface area contributed by atoms with Crippen LogP contribution in [0.25, 0.3) is 0 Å². The number of carbonyl (C=O) groups is 1. The summed E-state index contributed by atoms with van der Waals surface area (Å²) in [4.78, 5) is 24.2. The van der Waals surface area contributed by atoms with E-state index in [0.29, 0.717) is 16.4 Å². The van der Waals surface area contributed by atoms with Crippen molar-refractivity contribution in [2.45, 2.75) is 0 Å². The molecule has 9 heteroatoms. The third kappa shape index (κ3) is 4.12. The van der Waals surface area contributed by atoms with Crippen LogP contribution in [0.1, 0.15) is 10.4 Å². The van der Waals surface area contributed by atoms with Gasteiger partial charge in [-0.3, -0.25) is 20.6 Å². The number of aromatic nitrogens is 3. The molecule has 0 saturated carbocycles. The Balaban J connectivity index is 1.71. The van der Waals surface area contributed by atoms with Crippen molar-refractivity contribution in [2.75, 3.05) is 16.5 Å². The largest absolute Gasteiger partial charge is 0.393 e. The van der Waals surface area contributed by atoms with Crippen LogP contribution in [0.3, 0.4) is 0 Å². The Kier molecular flexibility index (Phi) is 4.91. The zero-order valence-corrected chi connectivity index (χ0v) is 13.7. The fraction of sp³-hybridized carbons (Fsp3) is 0. The van der Waals surface area contributed by atoms with Crippen molar-refractivity contribution in [2.24, 2.45) is 0 Å². The van der Waals surface area contributed by atoms with Gasteiger partial charge in [0.2, 0.25) is 0 Å². The van der Waals surface area contributed by atoms with Crippen molar-refractivity contribution in [1.29, 1.82) is 0 Å². The fourth-order valence-corrected chi connectivity index (χ4v) is 2.17. The molecule has 0 saturated heterocycles. The molecule has 126 valence electrons. The monoisotopic (exact) mass is 355 g/mol. The number of halogens is 1. The van der Waals surface area contributed by atoms with E-state index in [-0.39, 0.29) is 17.4 Å². The second-order valence-electron chi connectivity index (χ2n) is 4.93. The van der Waals surface area contributed by atoms with Crippen molar-refractivity contribution in [3.63, 3.8) is 0 Å². The average Bonchev–Trinajstić information content (AvgIpc) is 2.63. The maximum absolute atomic E-state index is 12.1. The summed E-state index contributed by atoms with van der Waals surface area (Å²) in [5.41, 5.74) is 12.7. The molecular formula is C16H14ClN7O. The second kappa shape index (κ2) is 7.45. The number of amides is 1. The summed E-state index contributed by atoms with van der Waals surface area (Å²) >= 11 is 5.88. The van der Waals surface area contributed by atoms with Gasteiger partial charge in [-0.2, -0.15) is 0 Å². The molecule has 0 aliphatic rings. The van der Waals surface area contributed by atoms with Crippen molar-refractivity contribution in [1.82, 2.24) is 20.4 Å². The summed E-state index contributed by atoms with van der Waals surface area (Å²) in [6.45, 7) is 0. The predicted octanol–water partition coefficient (Wildman–Crippen LogP) is 2.61. The quantitative estimate of drug-likeness (QED) is 0.519. The van der Waals surface area contributed by atoms with Crippen LogP contribution in [0.2, 0.25) is 5.02 Å². The number of hydrazine groups is 1.